The predicted molar refractivity (Wildman–Crippen MR) is 92.7 cm³/mol. The normalized spacial score (nSPS) is 17.2. The zero-order valence-electron chi connectivity index (χ0n) is 14.7. The minimum atomic E-state index is -4.18. The van der Waals surface area contributed by atoms with Crippen molar-refractivity contribution >= 4 is 0 Å². The van der Waals surface area contributed by atoms with Crippen LogP contribution in [0.5, 0.6) is 0 Å². The summed E-state index contributed by atoms with van der Waals surface area (Å²) < 4.78 is 42.5. The minimum absolute atomic E-state index is 0.134. The highest BCUT2D eigenvalue weighted by atomic mass is 19.4. The van der Waals surface area contributed by atoms with Gasteiger partial charge in [-0.15, -0.1) is 0 Å². The van der Waals surface area contributed by atoms with E-state index >= 15 is 0 Å². The van der Waals surface area contributed by atoms with Crippen molar-refractivity contribution < 1.29 is 17.9 Å². The van der Waals surface area contributed by atoms with E-state index in [4.69, 9.17) is 4.74 Å². The van der Waals surface area contributed by atoms with E-state index in [0.717, 1.165) is 31.9 Å². The number of nitrogens with zero attached hydrogens (tertiary/aromatic N) is 3. The second-order valence-corrected chi connectivity index (χ2v) is 6.43. The fourth-order valence-corrected chi connectivity index (χ4v) is 3.03. The van der Waals surface area contributed by atoms with Crippen molar-refractivity contribution in [3.63, 3.8) is 0 Å². The Bertz CT molecular complexity index is 713. The van der Waals surface area contributed by atoms with Crippen LogP contribution in [0.4, 0.5) is 13.2 Å². The molecule has 2 heterocycles. The highest BCUT2D eigenvalue weighted by molar-refractivity contribution is 5.55. The second-order valence-electron chi connectivity index (χ2n) is 6.43. The van der Waals surface area contributed by atoms with Crippen LogP contribution in [0.1, 0.15) is 30.6 Å². The molecule has 1 aliphatic heterocycles. The first kappa shape index (κ1) is 18.8. The zero-order valence-corrected chi connectivity index (χ0v) is 14.7. The van der Waals surface area contributed by atoms with Crippen molar-refractivity contribution in [2.75, 3.05) is 26.3 Å². The first-order valence-corrected chi connectivity index (χ1v) is 8.73. The smallest absolute Gasteiger partial charge is 0.379 e. The average Bonchev–Trinajstić information content (AvgIpc) is 2.66. The molecule has 0 bridgehead atoms. The Balaban J connectivity index is 1.70. The molecular formula is C19H22F3N3O. The Morgan fingerprint density at radius 3 is 2.46 bits per heavy atom. The fourth-order valence-electron chi connectivity index (χ4n) is 3.03. The molecule has 4 nitrogen and oxygen atoms in total. The molecule has 1 saturated heterocycles. The molecule has 0 aliphatic carbocycles. The van der Waals surface area contributed by atoms with Crippen LogP contribution in [0.3, 0.4) is 0 Å². The third-order valence-electron chi connectivity index (χ3n) is 4.62. The lowest BCUT2D eigenvalue weighted by molar-refractivity contribution is -0.134. The van der Waals surface area contributed by atoms with Gasteiger partial charge in [0.05, 0.1) is 13.2 Å². The van der Waals surface area contributed by atoms with Crippen LogP contribution in [-0.4, -0.2) is 47.3 Å². The van der Waals surface area contributed by atoms with E-state index in [1.54, 1.807) is 0 Å². The summed E-state index contributed by atoms with van der Waals surface area (Å²) in [5.41, 5.74) is 2.39. The zero-order chi connectivity index (χ0) is 18.6. The predicted octanol–water partition coefficient (Wildman–Crippen LogP) is 4.03. The van der Waals surface area contributed by atoms with Crippen LogP contribution in [0.25, 0.3) is 11.4 Å². The molecule has 2 aromatic rings. The number of benzene rings is 1. The summed E-state index contributed by atoms with van der Waals surface area (Å²) in [7, 11) is 0. The molecule has 1 aromatic heterocycles. The van der Waals surface area contributed by atoms with Crippen molar-refractivity contribution in [1.82, 2.24) is 14.9 Å². The van der Waals surface area contributed by atoms with Gasteiger partial charge < -0.3 is 4.74 Å². The number of morpholine rings is 1. The molecule has 0 N–H and O–H groups in total. The van der Waals surface area contributed by atoms with Gasteiger partial charge >= 0.3 is 6.18 Å². The second kappa shape index (κ2) is 8.14. The maximum atomic E-state index is 12.4. The summed E-state index contributed by atoms with van der Waals surface area (Å²) in [6, 6.07) is 9.73. The maximum absolute atomic E-state index is 12.4. The van der Waals surface area contributed by atoms with Gasteiger partial charge in [0, 0.05) is 43.0 Å². The standard InChI is InChI=1S/C19H22F3N3O/c1-14(25-10-12-26-13-11-25)15-2-4-16(5-3-15)18-23-9-7-17(24-18)6-8-19(20,21)22/h2-5,7,9,14H,6,8,10-13H2,1H3/t14-/m1/s1. The van der Waals surface area contributed by atoms with Gasteiger partial charge in [0.15, 0.2) is 5.82 Å². The summed E-state index contributed by atoms with van der Waals surface area (Å²) in [5.74, 6) is 0.454. The van der Waals surface area contributed by atoms with Crippen LogP contribution in [-0.2, 0) is 11.2 Å². The topological polar surface area (TPSA) is 38.2 Å². The molecular weight excluding hydrogens is 343 g/mol. The highest BCUT2D eigenvalue weighted by Crippen LogP contribution is 2.25. The van der Waals surface area contributed by atoms with E-state index in [1.807, 2.05) is 24.3 Å². The molecule has 0 saturated carbocycles. The molecule has 0 unspecified atom stereocenters. The lowest BCUT2D eigenvalue weighted by Crippen LogP contribution is -2.37. The van der Waals surface area contributed by atoms with Crippen LogP contribution < -0.4 is 0 Å². The first-order chi connectivity index (χ1) is 12.4. The summed E-state index contributed by atoms with van der Waals surface area (Å²) >= 11 is 0. The Labute approximate surface area is 151 Å². The van der Waals surface area contributed by atoms with Gasteiger partial charge in [-0.05, 0) is 25.0 Å². The maximum Gasteiger partial charge on any atom is 0.389 e. The molecule has 140 valence electrons. The fraction of sp³-hybridized carbons (Fsp3) is 0.474. The number of hydrogen-bond acceptors (Lipinski definition) is 4. The number of aromatic nitrogens is 2. The molecule has 1 atom stereocenters. The molecule has 1 aromatic carbocycles. The van der Waals surface area contributed by atoms with Crippen molar-refractivity contribution in [1.29, 1.82) is 0 Å². The molecule has 0 spiro atoms. The number of rotatable bonds is 5. The third kappa shape index (κ3) is 5.02. The SMILES string of the molecule is C[C@H](c1ccc(-c2nccc(CCC(F)(F)F)n2)cc1)N1CCOCC1. The lowest BCUT2D eigenvalue weighted by atomic mass is 10.0. The highest BCUT2D eigenvalue weighted by Gasteiger charge is 2.26. The average molecular weight is 365 g/mol. The Kier molecular flexibility index (Phi) is 5.88. The summed E-state index contributed by atoms with van der Waals surface area (Å²) in [4.78, 5) is 10.8. The van der Waals surface area contributed by atoms with E-state index < -0.39 is 12.6 Å². The minimum Gasteiger partial charge on any atom is -0.379 e. The molecule has 3 rings (SSSR count). The van der Waals surface area contributed by atoms with Crippen molar-refractivity contribution in [2.24, 2.45) is 0 Å². The van der Waals surface area contributed by atoms with Crippen LogP contribution in [0.15, 0.2) is 36.5 Å². The first-order valence-electron chi connectivity index (χ1n) is 8.73. The molecule has 26 heavy (non-hydrogen) atoms. The van der Waals surface area contributed by atoms with Gasteiger partial charge in [-0.1, -0.05) is 24.3 Å². The van der Waals surface area contributed by atoms with Crippen LogP contribution in [0, 0.1) is 0 Å². The van der Waals surface area contributed by atoms with Gasteiger partial charge in [0.25, 0.3) is 0 Å². The van der Waals surface area contributed by atoms with Gasteiger partial charge in [-0.25, -0.2) is 9.97 Å². The number of hydrogen-bond donors (Lipinski definition) is 0. The monoisotopic (exact) mass is 365 g/mol. The summed E-state index contributed by atoms with van der Waals surface area (Å²) in [6.45, 7) is 5.48. The lowest BCUT2D eigenvalue weighted by Gasteiger charge is -2.32. The Morgan fingerprint density at radius 2 is 1.81 bits per heavy atom. The molecule has 1 aliphatic rings. The number of halogens is 3. The molecule has 1 fully saturated rings. The van der Waals surface area contributed by atoms with Gasteiger partial charge in [-0.3, -0.25) is 4.90 Å². The molecule has 7 heteroatoms. The van der Waals surface area contributed by atoms with Crippen molar-refractivity contribution in [2.45, 2.75) is 32.0 Å². The summed E-state index contributed by atoms with van der Waals surface area (Å²) in [5, 5.41) is 0. The van der Waals surface area contributed by atoms with Gasteiger partial charge in [0.2, 0.25) is 0 Å². The third-order valence-corrected chi connectivity index (χ3v) is 4.62. The van der Waals surface area contributed by atoms with Crippen molar-refractivity contribution in [3.05, 3.63) is 47.8 Å². The van der Waals surface area contributed by atoms with Crippen molar-refractivity contribution in [3.8, 4) is 11.4 Å². The number of alkyl halides is 3. The number of aryl methyl sites for hydroxylation is 1. The Morgan fingerprint density at radius 1 is 1.12 bits per heavy atom. The van der Waals surface area contributed by atoms with E-state index in [9.17, 15) is 13.2 Å². The van der Waals surface area contributed by atoms with Crippen LogP contribution in [0.2, 0.25) is 0 Å². The summed E-state index contributed by atoms with van der Waals surface area (Å²) in [6.07, 6.45) is -3.68. The van der Waals surface area contributed by atoms with E-state index in [1.165, 1.54) is 17.8 Å². The molecule has 0 amide bonds. The largest absolute Gasteiger partial charge is 0.389 e. The quantitative estimate of drug-likeness (QED) is 0.802. The Hall–Kier alpha value is -1.99. The van der Waals surface area contributed by atoms with E-state index in [0.29, 0.717) is 11.5 Å². The van der Waals surface area contributed by atoms with Gasteiger partial charge in [0.1, 0.15) is 0 Å². The van der Waals surface area contributed by atoms with Gasteiger partial charge in [-0.2, -0.15) is 13.2 Å². The van der Waals surface area contributed by atoms with E-state index in [2.05, 4.69) is 21.8 Å². The van der Waals surface area contributed by atoms with Crippen LogP contribution >= 0.6 is 0 Å². The van der Waals surface area contributed by atoms with E-state index in [-0.39, 0.29) is 12.5 Å². The number of ether oxygens (including phenoxy) is 1. The molecule has 0 radical (unpaired) electrons.